The van der Waals surface area contributed by atoms with Gasteiger partial charge < -0.3 is 4.74 Å². The van der Waals surface area contributed by atoms with Crippen LogP contribution >= 0.6 is 0 Å². The second kappa shape index (κ2) is 18.3. The molecule has 0 aliphatic rings. The molecule has 25 heavy (non-hydrogen) atoms. The van der Waals surface area contributed by atoms with E-state index in [1.54, 1.807) is 13.0 Å². The summed E-state index contributed by atoms with van der Waals surface area (Å²) in [6.45, 7) is 6.15. The Morgan fingerprint density at radius 3 is 1.84 bits per heavy atom. The minimum absolute atomic E-state index is 0.244. The highest BCUT2D eigenvalue weighted by Gasteiger charge is 2.01. The van der Waals surface area contributed by atoms with Crippen molar-refractivity contribution in [2.75, 3.05) is 6.61 Å². The van der Waals surface area contributed by atoms with Crippen molar-refractivity contribution in [3.63, 3.8) is 0 Å². The van der Waals surface area contributed by atoms with Gasteiger partial charge in [0, 0.05) is 5.57 Å². The second-order valence-corrected chi connectivity index (χ2v) is 5.58. The summed E-state index contributed by atoms with van der Waals surface area (Å²) in [5.74, 6) is -0.244. The first-order valence-corrected chi connectivity index (χ1v) is 9.32. The molecule has 0 aliphatic heterocycles. The van der Waals surface area contributed by atoms with Gasteiger partial charge in [-0.1, -0.05) is 73.8 Å². The van der Waals surface area contributed by atoms with Gasteiger partial charge in [-0.25, -0.2) is 4.79 Å². The first kappa shape index (κ1) is 22.9. The summed E-state index contributed by atoms with van der Waals surface area (Å²) < 4.78 is 4.92. The molecule has 0 aromatic carbocycles. The fraction of sp³-hybridized carbons (Fsp3) is 0.435. The third-order valence-electron chi connectivity index (χ3n) is 3.30. The van der Waals surface area contributed by atoms with Gasteiger partial charge in [0.25, 0.3) is 0 Å². The molecule has 0 radical (unpaired) electrons. The predicted octanol–water partition coefficient (Wildman–Crippen LogP) is 6.64. The van der Waals surface area contributed by atoms with E-state index in [2.05, 4.69) is 61.6 Å². The van der Waals surface area contributed by atoms with Crippen LogP contribution in [0.15, 0.2) is 72.4 Å². The Kier molecular flexibility index (Phi) is 16.7. The van der Waals surface area contributed by atoms with Crippen molar-refractivity contribution in [3.05, 3.63) is 72.4 Å². The number of unbranched alkanes of at least 4 members (excludes halogenated alkanes) is 1. The molecule has 0 aliphatic carbocycles. The number of ether oxygens (including phenoxy) is 1. The lowest BCUT2D eigenvalue weighted by Crippen LogP contribution is -2.04. The topological polar surface area (TPSA) is 26.3 Å². The Labute approximate surface area is 154 Å². The third kappa shape index (κ3) is 16.5. The van der Waals surface area contributed by atoms with Crippen LogP contribution in [0.5, 0.6) is 0 Å². The van der Waals surface area contributed by atoms with Crippen LogP contribution in [-0.2, 0) is 9.53 Å². The maximum atomic E-state index is 11.4. The van der Waals surface area contributed by atoms with Crippen LogP contribution in [0.1, 0.15) is 59.3 Å². The van der Waals surface area contributed by atoms with Crippen molar-refractivity contribution >= 4 is 5.97 Å². The number of rotatable bonds is 13. The van der Waals surface area contributed by atoms with E-state index < -0.39 is 0 Å². The SMILES string of the molecule is CC/C=C\C/C=C\C/C=C\C/C=C\CC/C=C/C=C(\C)C(=O)OCC. The molecular weight excluding hydrogens is 308 g/mol. The van der Waals surface area contributed by atoms with Crippen LogP contribution in [-0.4, -0.2) is 12.6 Å². The van der Waals surface area contributed by atoms with Gasteiger partial charge in [-0.3, -0.25) is 0 Å². The van der Waals surface area contributed by atoms with Crippen molar-refractivity contribution < 1.29 is 9.53 Å². The summed E-state index contributed by atoms with van der Waals surface area (Å²) in [5.41, 5.74) is 0.634. The fourth-order valence-corrected chi connectivity index (χ4v) is 1.91. The number of hydrogen-bond acceptors (Lipinski definition) is 2. The molecule has 2 nitrogen and oxygen atoms in total. The van der Waals surface area contributed by atoms with Gasteiger partial charge >= 0.3 is 5.97 Å². The summed E-state index contributed by atoms with van der Waals surface area (Å²) in [6.07, 6.45) is 29.5. The van der Waals surface area contributed by atoms with E-state index in [4.69, 9.17) is 4.74 Å². The Morgan fingerprint density at radius 2 is 1.28 bits per heavy atom. The van der Waals surface area contributed by atoms with E-state index in [0.29, 0.717) is 12.2 Å². The predicted molar refractivity (Wildman–Crippen MR) is 109 cm³/mol. The van der Waals surface area contributed by atoms with Crippen LogP contribution in [0.4, 0.5) is 0 Å². The van der Waals surface area contributed by atoms with Gasteiger partial charge in [0.1, 0.15) is 0 Å². The van der Waals surface area contributed by atoms with Crippen LogP contribution in [0.25, 0.3) is 0 Å². The van der Waals surface area contributed by atoms with E-state index in [1.165, 1.54) is 0 Å². The minimum Gasteiger partial charge on any atom is -0.463 e. The first-order valence-electron chi connectivity index (χ1n) is 9.32. The standard InChI is InChI=1S/C23H34O2/c1-4-6-7-8-9-10-11-12-13-14-15-16-17-18-19-20-21-22(3)23(24)25-5-2/h6-7,9-10,12-13,15-16,19-21H,4-5,8,11,14,17-18H2,1-3H3/b7-6-,10-9-,13-12-,16-15-,20-19+,22-21+. The largest absolute Gasteiger partial charge is 0.463 e. The molecule has 2 heteroatoms. The molecule has 0 atom stereocenters. The summed E-state index contributed by atoms with van der Waals surface area (Å²) in [7, 11) is 0. The van der Waals surface area contributed by atoms with Crippen molar-refractivity contribution in [1.82, 2.24) is 0 Å². The van der Waals surface area contributed by atoms with Crippen molar-refractivity contribution in [1.29, 1.82) is 0 Å². The van der Waals surface area contributed by atoms with E-state index in [9.17, 15) is 4.79 Å². The molecule has 138 valence electrons. The zero-order valence-electron chi connectivity index (χ0n) is 16.1. The van der Waals surface area contributed by atoms with Gasteiger partial charge in [0.05, 0.1) is 6.61 Å². The molecule has 0 aromatic rings. The van der Waals surface area contributed by atoms with Crippen LogP contribution < -0.4 is 0 Å². The molecule has 0 spiro atoms. The highest BCUT2D eigenvalue weighted by molar-refractivity contribution is 5.88. The summed E-state index contributed by atoms with van der Waals surface area (Å²) in [5, 5.41) is 0. The molecule has 0 N–H and O–H groups in total. The molecular formula is C23H34O2. The Morgan fingerprint density at radius 1 is 0.760 bits per heavy atom. The van der Waals surface area contributed by atoms with Gasteiger partial charge in [0.15, 0.2) is 0 Å². The lowest BCUT2D eigenvalue weighted by Gasteiger charge is -1.99. The van der Waals surface area contributed by atoms with Crippen LogP contribution in [0.2, 0.25) is 0 Å². The number of allylic oxidation sites excluding steroid dienone is 11. The van der Waals surface area contributed by atoms with Gasteiger partial charge in [-0.15, -0.1) is 0 Å². The Balaban J connectivity index is 3.71. The van der Waals surface area contributed by atoms with Gasteiger partial charge in [0.2, 0.25) is 0 Å². The van der Waals surface area contributed by atoms with E-state index in [0.717, 1.165) is 38.5 Å². The van der Waals surface area contributed by atoms with Crippen molar-refractivity contribution in [2.45, 2.75) is 59.3 Å². The molecule has 0 aromatic heterocycles. The quantitative estimate of drug-likeness (QED) is 0.123. The van der Waals surface area contributed by atoms with Crippen LogP contribution in [0, 0.1) is 0 Å². The lowest BCUT2D eigenvalue weighted by molar-refractivity contribution is -0.138. The van der Waals surface area contributed by atoms with Crippen LogP contribution in [0.3, 0.4) is 0 Å². The van der Waals surface area contributed by atoms with E-state index in [-0.39, 0.29) is 5.97 Å². The average Bonchev–Trinajstić information content (AvgIpc) is 2.61. The molecule has 0 rings (SSSR count). The fourth-order valence-electron chi connectivity index (χ4n) is 1.91. The average molecular weight is 343 g/mol. The second-order valence-electron chi connectivity index (χ2n) is 5.58. The molecule has 0 saturated heterocycles. The smallest absolute Gasteiger partial charge is 0.333 e. The third-order valence-corrected chi connectivity index (χ3v) is 3.30. The number of carbonyl (C=O) groups is 1. The molecule has 0 heterocycles. The number of esters is 1. The van der Waals surface area contributed by atoms with Crippen molar-refractivity contribution in [2.24, 2.45) is 0 Å². The Hall–Kier alpha value is -2.09. The molecule has 0 unspecified atom stereocenters. The van der Waals surface area contributed by atoms with E-state index >= 15 is 0 Å². The monoisotopic (exact) mass is 342 g/mol. The first-order chi connectivity index (χ1) is 12.2. The van der Waals surface area contributed by atoms with E-state index in [1.807, 2.05) is 13.0 Å². The maximum absolute atomic E-state index is 11.4. The number of carbonyl (C=O) groups excluding carboxylic acids is 1. The van der Waals surface area contributed by atoms with Gasteiger partial charge in [-0.05, 0) is 52.4 Å². The molecule has 0 bridgehead atoms. The molecule has 0 amide bonds. The lowest BCUT2D eigenvalue weighted by atomic mass is 10.2. The van der Waals surface area contributed by atoms with Crippen molar-refractivity contribution in [3.8, 4) is 0 Å². The normalized spacial score (nSPS) is 13.3. The summed E-state index contributed by atoms with van der Waals surface area (Å²) >= 11 is 0. The molecule has 0 fully saturated rings. The zero-order chi connectivity index (χ0) is 18.6. The van der Waals surface area contributed by atoms with Gasteiger partial charge in [-0.2, -0.15) is 0 Å². The zero-order valence-corrected chi connectivity index (χ0v) is 16.1. The molecule has 0 saturated carbocycles. The number of hydrogen-bond donors (Lipinski definition) is 0. The maximum Gasteiger partial charge on any atom is 0.333 e. The highest BCUT2D eigenvalue weighted by atomic mass is 16.5. The Bertz CT molecular complexity index is 502. The highest BCUT2D eigenvalue weighted by Crippen LogP contribution is 2.00. The summed E-state index contributed by atoms with van der Waals surface area (Å²) in [6, 6.07) is 0. The summed E-state index contributed by atoms with van der Waals surface area (Å²) in [4.78, 5) is 11.4. The minimum atomic E-state index is -0.244.